The summed E-state index contributed by atoms with van der Waals surface area (Å²) in [6.45, 7) is 0.662. The molecule has 28 heavy (non-hydrogen) atoms. The quantitative estimate of drug-likeness (QED) is 0.458. The van der Waals surface area contributed by atoms with Crippen LogP contribution in [0.1, 0.15) is 60.9 Å². The van der Waals surface area contributed by atoms with Crippen molar-refractivity contribution in [2.75, 3.05) is 6.61 Å². The number of carbonyl (C=O) groups is 2. The first kappa shape index (κ1) is 20.4. The average Bonchev–Trinajstić information content (AvgIpc) is 2.73. The third-order valence-corrected chi connectivity index (χ3v) is 5.55. The van der Waals surface area contributed by atoms with E-state index in [0.717, 1.165) is 38.4 Å². The van der Waals surface area contributed by atoms with Crippen molar-refractivity contribution in [1.29, 1.82) is 0 Å². The molecule has 1 aliphatic carbocycles. The number of allylic oxidation sites excluding steroid dienone is 1. The number of halogens is 1. The lowest BCUT2D eigenvalue weighted by atomic mass is 9.76. The van der Waals surface area contributed by atoms with Crippen molar-refractivity contribution in [3.8, 4) is 0 Å². The van der Waals surface area contributed by atoms with Crippen LogP contribution >= 0.6 is 0 Å². The van der Waals surface area contributed by atoms with E-state index in [1.165, 1.54) is 18.3 Å². The maximum Gasteiger partial charge on any atom is 0.169 e. The number of carbonyl (C=O) groups excluding carboxylic acids is 2. The molecule has 3 unspecified atom stereocenters. The molecule has 0 bridgehead atoms. The number of aliphatic imine (C=N–C) groups is 1. The second kappa shape index (κ2) is 9.73. The second-order valence-corrected chi connectivity index (χ2v) is 7.44. The van der Waals surface area contributed by atoms with Gasteiger partial charge in [0.15, 0.2) is 5.78 Å². The molecule has 1 aliphatic heterocycles. The van der Waals surface area contributed by atoms with E-state index in [1.807, 2.05) is 0 Å². The van der Waals surface area contributed by atoms with Gasteiger partial charge in [0.05, 0.1) is 11.3 Å². The minimum Gasteiger partial charge on any atom is -0.405 e. The number of ether oxygens (including phenoxy) is 1. The molecule has 6 heteroatoms. The molecule has 150 valence electrons. The van der Waals surface area contributed by atoms with Gasteiger partial charge in [-0.25, -0.2) is 4.39 Å². The van der Waals surface area contributed by atoms with Crippen LogP contribution in [0, 0.1) is 17.7 Å². The van der Waals surface area contributed by atoms with Crippen LogP contribution in [0.2, 0.25) is 0 Å². The van der Waals surface area contributed by atoms with E-state index >= 15 is 0 Å². The Hall–Kier alpha value is -2.34. The van der Waals surface area contributed by atoms with E-state index in [0.29, 0.717) is 30.7 Å². The Morgan fingerprint density at radius 2 is 1.96 bits per heavy atom. The number of rotatable bonds is 6. The Morgan fingerprint density at radius 1 is 1.18 bits per heavy atom. The van der Waals surface area contributed by atoms with Gasteiger partial charge >= 0.3 is 0 Å². The molecular weight excluding hydrogens is 359 g/mol. The van der Waals surface area contributed by atoms with Gasteiger partial charge in [-0.05, 0) is 56.5 Å². The summed E-state index contributed by atoms with van der Waals surface area (Å²) in [5.41, 5.74) is 6.63. The van der Waals surface area contributed by atoms with Crippen molar-refractivity contribution in [3.63, 3.8) is 0 Å². The largest absolute Gasteiger partial charge is 0.405 e. The molecule has 3 rings (SSSR count). The summed E-state index contributed by atoms with van der Waals surface area (Å²) in [4.78, 5) is 28.7. The van der Waals surface area contributed by atoms with Crippen LogP contribution in [0.5, 0.6) is 0 Å². The highest BCUT2D eigenvalue weighted by Gasteiger charge is 2.32. The first-order valence-corrected chi connectivity index (χ1v) is 10.0. The number of hydrogen-bond acceptors (Lipinski definition) is 5. The van der Waals surface area contributed by atoms with E-state index in [2.05, 4.69) is 4.99 Å². The molecule has 1 saturated heterocycles. The van der Waals surface area contributed by atoms with Crippen LogP contribution < -0.4 is 5.73 Å². The van der Waals surface area contributed by atoms with E-state index in [4.69, 9.17) is 10.5 Å². The number of nitrogens with two attached hydrogens (primary N) is 1. The highest BCUT2D eigenvalue weighted by atomic mass is 19.1. The smallest absolute Gasteiger partial charge is 0.169 e. The van der Waals surface area contributed by atoms with E-state index in [-0.39, 0.29) is 23.5 Å². The van der Waals surface area contributed by atoms with Gasteiger partial charge in [0, 0.05) is 24.0 Å². The predicted molar refractivity (Wildman–Crippen MR) is 106 cm³/mol. The summed E-state index contributed by atoms with van der Waals surface area (Å²) in [7, 11) is 0. The van der Waals surface area contributed by atoms with E-state index in [9.17, 15) is 14.0 Å². The topological polar surface area (TPSA) is 81.8 Å². The molecule has 1 heterocycles. The lowest BCUT2D eigenvalue weighted by molar-refractivity contribution is -0.112. The maximum atomic E-state index is 14.8. The summed E-state index contributed by atoms with van der Waals surface area (Å²) >= 11 is 0. The Balaban J connectivity index is 1.84. The molecule has 5 nitrogen and oxygen atoms in total. The summed E-state index contributed by atoms with van der Waals surface area (Å²) in [5.74, 6) is -1.63. The summed E-state index contributed by atoms with van der Waals surface area (Å²) in [5, 5.41) is 0. The molecule has 1 saturated carbocycles. The zero-order chi connectivity index (χ0) is 19.9. The van der Waals surface area contributed by atoms with Crippen molar-refractivity contribution >= 4 is 17.8 Å². The molecular formula is C22H27FN2O3. The molecule has 0 spiro atoms. The molecule has 2 fully saturated rings. The third-order valence-electron chi connectivity index (χ3n) is 5.55. The number of Topliss-reactive ketones (excluding diaryl/α,β-unsaturated/α-hetero) is 1. The van der Waals surface area contributed by atoms with Crippen LogP contribution in [-0.4, -0.2) is 30.6 Å². The van der Waals surface area contributed by atoms with Gasteiger partial charge in [-0.1, -0.05) is 18.9 Å². The summed E-state index contributed by atoms with van der Waals surface area (Å²) in [6.07, 6.45) is 9.56. The number of nitrogens with zero attached hydrogens (tertiary/aromatic N) is 1. The highest BCUT2D eigenvalue weighted by Crippen LogP contribution is 2.32. The van der Waals surface area contributed by atoms with Crippen molar-refractivity contribution in [3.05, 3.63) is 47.4 Å². The molecule has 1 aromatic rings. The standard InChI is InChI=1S/C22H27FN2O3/c23-19-13-15(20(10-11-24)25-21-7-3-4-12-28-21)8-9-18(19)22(27)17-6-2-1-5-16(17)14-26/h8-11,13-14,16-17,21H,1-7,12,24H2. The SMILES string of the molecule is NC=CC(=NC1CCCCO1)c1ccc(C(=O)C2CCCCC2C=O)c(F)c1. The van der Waals surface area contributed by atoms with Crippen LogP contribution in [0.4, 0.5) is 4.39 Å². The van der Waals surface area contributed by atoms with Crippen LogP contribution in [0.15, 0.2) is 35.5 Å². The number of benzene rings is 1. The molecule has 2 N–H and O–H groups in total. The summed E-state index contributed by atoms with van der Waals surface area (Å²) < 4.78 is 20.4. The fourth-order valence-electron chi connectivity index (χ4n) is 4.01. The number of aldehydes is 1. The zero-order valence-corrected chi connectivity index (χ0v) is 16.0. The predicted octanol–water partition coefficient (Wildman–Crippen LogP) is 3.80. The molecule has 2 aliphatic rings. The van der Waals surface area contributed by atoms with E-state index in [1.54, 1.807) is 12.1 Å². The molecule has 1 aromatic carbocycles. The second-order valence-electron chi connectivity index (χ2n) is 7.44. The van der Waals surface area contributed by atoms with Crippen LogP contribution in [-0.2, 0) is 9.53 Å². The first-order chi connectivity index (χ1) is 13.6. The maximum absolute atomic E-state index is 14.8. The Kier molecular flexibility index (Phi) is 7.09. The molecule has 0 aromatic heterocycles. The van der Waals surface area contributed by atoms with Gasteiger partial charge in [-0.3, -0.25) is 9.79 Å². The lowest BCUT2D eigenvalue weighted by Gasteiger charge is -2.26. The Bertz CT molecular complexity index is 769. The molecule has 3 atom stereocenters. The van der Waals surface area contributed by atoms with E-state index < -0.39 is 11.7 Å². The van der Waals surface area contributed by atoms with Crippen molar-refractivity contribution < 1.29 is 18.7 Å². The zero-order valence-electron chi connectivity index (χ0n) is 16.0. The monoisotopic (exact) mass is 386 g/mol. The Morgan fingerprint density at radius 3 is 2.64 bits per heavy atom. The van der Waals surface area contributed by atoms with Gasteiger partial charge in [-0.2, -0.15) is 0 Å². The van der Waals surface area contributed by atoms with Gasteiger partial charge in [0.2, 0.25) is 0 Å². The van der Waals surface area contributed by atoms with Gasteiger partial charge in [0.1, 0.15) is 18.3 Å². The van der Waals surface area contributed by atoms with Gasteiger partial charge < -0.3 is 15.3 Å². The van der Waals surface area contributed by atoms with Crippen molar-refractivity contribution in [2.45, 2.75) is 51.2 Å². The summed E-state index contributed by atoms with van der Waals surface area (Å²) in [6, 6.07) is 4.48. The first-order valence-electron chi connectivity index (χ1n) is 10.0. The van der Waals surface area contributed by atoms with Crippen molar-refractivity contribution in [1.82, 2.24) is 0 Å². The Labute approximate surface area is 164 Å². The van der Waals surface area contributed by atoms with Crippen molar-refractivity contribution in [2.24, 2.45) is 22.6 Å². The fourth-order valence-corrected chi connectivity index (χ4v) is 4.01. The molecule has 0 radical (unpaired) electrons. The third kappa shape index (κ3) is 4.73. The lowest BCUT2D eigenvalue weighted by Crippen LogP contribution is -2.29. The fraction of sp³-hybridized carbons (Fsp3) is 0.500. The number of ketones is 1. The van der Waals surface area contributed by atoms with Crippen LogP contribution in [0.3, 0.4) is 0 Å². The van der Waals surface area contributed by atoms with Gasteiger partial charge in [0.25, 0.3) is 0 Å². The highest BCUT2D eigenvalue weighted by molar-refractivity contribution is 6.09. The van der Waals surface area contributed by atoms with Crippen LogP contribution in [0.25, 0.3) is 0 Å². The minimum absolute atomic E-state index is 0.0347. The molecule has 0 amide bonds. The minimum atomic E-state index is -0.597. The normalized spacial score (nSPS) is 26.3. The number of hydrogen-bond donors (Lipinski definition) is 1. The average molecular weight is 386 g/mol. The van der Waals surface area contributed by atoms with Gasteiger partial charge in [-0.15, -0.1) is 0 Å².